The lowest BCUT2D eigenvalue weighted by Gasteiger charge is -2.32. The molecule has 0 unspecified atom stereocenters. The number of piperazine rings is 1. The van der Waals surface area contributed by atoms with Crippen LogP contribution in [0.25, 0.3) is 0 Å². The van der Waals surface area contributed by atoms with Gasteiger partial charge in [0.25, 0.3) is 5.91 Å². The van der Waals surface area contributed by atoms with Crippen molar-refractivity contribution >= 4 is 15.9 Å². The molecule has 1 fully saturated rings. The molecule has 2 aromatic carbocycles. The molecule has 0 radical (unpaired) electrons. The zero-order valence-electron chi connectivity index (χ0n) is 16.7. The maximum absolute atomic E-state index is 12.9. The zero-order chi connectivity index (χ0) is 21.6. The number of carbonyl (C=O) groups excluding carboxylic acids is 1. The van der Waals surface area contributed by atoms with Crippen LogP contribution in [-0.4, -0.2) is 56.0 Å². The minimum absolute atomic E-state index is 0.0142. The highest BCUT2D eigenvalue weighted by atomic mass is 32.2. The van der Waals surface area contributed by atoms with Crippen molar-refractivity contribution in [2.24, 2.45) is 0 Å². The van der Waals surface area contributed by atoms with Crippen LogP contribution in [0.4, 0.5) is 0 Å². The molecule has 0 spiro atoms. The molecule has 0 aromatic heterocycles. The zero-order valence-corrected chi connectivity index (χ0v) is 17.5. The van der Waals surface area contributed by atoms with E-state index in [-0.39, 0.29) is 5.57 Å². The first kappa shape index (κ1) is 21.6. The van der Waals surface area contributed by atoms with Crippen LogP contribution in [-0.2, 0) is 14.8 Å². The Balaban J connectivity index is 1.76. The van der Waals surface area contributed by atoms with Crippen molar-refractivity contribution in [3.05, 3.63) is 83.6 Å². The lowest BCUT2D eigenvalue weighted by atomic mass is 9.98. The number of nitrogens with zero attached hydrogens (tertiary/aromatic N) is 3. The van der Waals surface area contributed by atoms with Gasteiger partial charge in [-0.2, -0.15) is 9.57 Å². The maximum Gasteiger partial charge on any atom is 0.264 e. The van der Waals surface area contributed by atoms with Crippen LogP contribution >= 0.6 is 0 Å². The van der Waals surface area contributed by atoms with E-state index < -0.39 is 22.0 Å². The summed E-state index contributed by atoms with van der Waals surface area (Å²) in [6, 6.07) is 20.7. The van der Waals surface area contributed by atoms with Gasteiger partial charge in [-0.1, -0.05) is 60.7 Å². The van der Waals surface area contributed by atoms with Gasteiger partial charge in [-0.3, -0.25) is 4.79 Å². The molecule has 1 amide bonds. The van der Waals surface area contributed by atoms with Crippen molar-refractivity contribution in [2.75, 3.05) is 32.4 Å². The van der Waals surface area contributed by atoms with Gasteiger partial charge in [-0.05, 0) is 11.1 Å². The van der Waals surface area contributed by atoms with E-state index in [9.17, 15) is 18.5 Å². The number of rotatable bonds is 6. The first-order chi connectivity index (χ1) is 14.4. The Labute approximate surface area is 177 Å². The summed E-state index contributed by atoms with van der Waals surface area (Å²) in [6.07, 6.45) is 2.70. The third-order valence-corrected chi connectivity index (χ3v) is 6.26. The van der Waals surface area contributed by atoms with Gasteiger partial charge in [0.2, 0.25) is 10.0 Å². The Morgan fingerprint density at radius 2 is 1.50 bits per heavy atom. The van der Waals surface area contributed by atoms with Crippen molar-refractivity contribution in [2.45, 2.75) is 6.04 Å². The van der Waals surface area contributed by atoms with Gasteiger partial charge in [0.05, 0.1) is 12.3 Å². The summed E-state index contributed by atoms with van der Waals surface area (Å²) in [5.41, 5.74) is 1.81. The quantitative estimate of drug-likeness (QED) is 0.565. The van der Waals surface area contributed by atoms with E-state index in [1.165, 1.54) is 16.8 Å². The van der Waals surface area contributed by atoms with Crippen LogP contribution in [0.2, 0.25) is 0 Å². The Hall–Kier alpha value is -3.15. The molecule has 0 atom stereocenters. The fourth-order valence-electron chi connectivity index (χ4n) is 3.34. The van der Waals surface area contributed by atoms with Crippen LogP contribution in [0.15, 0.2) is 72.4 Å². The monoisotopic (exact) mass is 424 g/mol. The van der Waals surface area contributed by atoms with Gasteiger partial charge in [-0.15, -0.1) is 0 Å². The molecule has 3 rings (SSSR count). The number of hydrogen-bond acceptors (Lipinski definition) is 5. The maximum atomic E-state index is 12.9. The summed E-state index contributed by atoms with van der Waals surface area (Å²) >= 11 is 0. The third kappa shape index (κ3) is 5.47. The molecule has 1 aliphatic rings. The largest absolute Gasteiger partial charge is 0.373 e. The van der Waals surface area contributed by atoms with Gasteiger partial charge < -0.3 is 10.2 Å². The summed E-state index contributed by atoms with van der Waals surface area (Å²) in [6.45, 7) is 1.50. The second-order valence-electron chi connectivity index (χ2n) is 7.08. The molecule has 1 heterocycles. The number of amides is 1. The van der Waals surface area contributed by atoms with Crippen molar-refractivity contribution in [3.8, 4) is 6.07 Å². The average molecular weight is 425 g/mol. The van der Waals surface area contributed by atoms with E-state index in [0.717, 1.165) is 11.1 Å². The Kier molecular flexibility index (Phi) is 6.87. The van der Waals surface area contributed by atoms with Crippen LogP contribution in [0, 0.1) is 11.3 Å². The molecule has 0 saturated carbocycles. The average Bonchev–Trinajstić information content (AvgIpc) is 2.76. The summed E-state index contributed by atoms with van der Waals surface area (Å²) in [4.78, 5) is 14.7. The minimum atomic E-state index is -3.24. The number of hydrogen-bond donors (Lipinski definition) is 1. The van der Waals surface area contributed by atoms with Crippen molar-refractivity contribution in [3.63, 3.8) is 0 Å². The van der Waals surface area contributed by atoms with Gasteiger partial charge >= 0.3 is 0 Å². The van der Waals surface area contributed by atoms with Crippen LogP contribution in [0.5, 0.6) is 0 Å². The van der Waals surface area contributed by atoms with E-state index in [1.807, 2.05) is 66.7 Å². The molecule has 1 aliphatic heterocycles. The number of carbonyl (C=O) groups is 1. The van der Waals surface area contributed by atoms with Crippen LogP contribution in [0.3, 0.4) is 0 Å². The molecule has 1 N–H and O–H groups in total. The van der Waals surface area contributed by atoms with Crippen molar-refractivity contribution in [1.82, 2.24) is 14.5 Å². The first-order valence-electron chi connectivity index (χ1n) is 9.60. The first-order valence-corrected chi connectivity index (χ1v) is 11.4. The van der Waals surface area contributed by atoms with Crippen LogP contribution < -0.4 is 5.32 Å². The second kappa shape index (κ2) is 9.57. The Morgan fingerprint density at radius 3 is 1.93 bits per heavy atom. The normalized spacial score (nSPS) is 15.6. The predicted molar refractivity (Wildman–Crippen MR) is 115 cm³/mol. The molecule has 30 heavy (non-hydrogen) atoms. The van der Waals surface area contributed by atoms with E-state index in [1.54, 1.807) is 4.90 Å². The molecule has 8 heteroatoms. The highest BCUT2D eigenvalue weighted by Crippen LogP contribution is 2.22. The second-order valence-corrected chi connectivity index (χ2v) is 9.06. The topological polar surface area (TPSA) is 93.5 Å². The van der Waals surface area contributed by atoms with Gasteiger partial charge in [0.1, 0.15) is 11.6 Å². The molecular formula is C22H24N4O3S. The summed E-state index contributed by atoms with van der Waals surface area (Å²) < 4.78 is 24.7. The van der Waals surface area contributed by atoms with E-state index in [0.29, 0.717) is 26.2 Å². The number of sulfonamides is 1. The van der Waals surface area contributed by atoms with Crippen molar-refractivity contribution < 1.29 is 13.2 Å². The van der Waals surface area contributed by atoms with E-state index in [4.69, 9.17) is 0 Å². The van der Waals surface area contributed by atoms with E-state index >= 15 is 0 Å². The molecular weight excluding hydrogens is 400 g/mol. The number of benzene rings is 2. The third-order valence-electron chi connectivity index (χ3n) is 4.96. The fourth-order valence-corrected chi connectivity index (χ4v) is 4.17. The minimum Gasteiger partial charge on any atom is -0.373 e. The lowest BCUT2D eigenvalue weighted by molar-refractivity contribution is -0.117. The summed E-state index contributed by atoms with van der Waals surface area (Å²) in [7, 11) is -3.24. The SMILES string of the molecule is CS(=O)(=O)N1CCN(/C=C(/C#N)C(=O)NC(c2ccccc2)c2ccccc2)CC1. The molecule has 156 valence electrons. The van der Waals surface area contributed by atoms with Gasteiger partial charge in [0, 0.05) is 32.4 Å². The van der Waals surface area contributed by atoms with E-state index in [2.05, 4.69) is 5.32 Å². The summed E-state index contributed by atoms with van der Waals surface area (Å²) in [5, 5.41) is 12.5. The standard InChI is InChI=1S/C22H24N4O3S/c1-30(28,29)26-14-12-25(13-15-26)17-20(16-23)22(27)24-21(18-8-4-2-5-9-18)19-10-6-3-7-11-19/h2-11,17,21H,12-15H2,1H3,(H,24,27)/b20-17-. The molecule has 7 nitrogen and oxygen atoms in total. The van der Waals surface area contributed by atoms with Gasteiger partial charge in [0.15, 0.2) is 0 Å². The molecule has 1 saturated heterocycles. The highest BCUT2D eigenvalue weighted by molar-refractivity contribution is 7.88. The summed E-state index contributed by atoms with van der Waals surface area (Å²) in [5.74, 6) is -0.472. The number of nitriles is 1. The Bertz CT molecular complexity index is 999. The van der Waals surface area contributed by atoms with Crippen LogP contribution in [0.1, 0.15) is 17.2 Å². The van der Waals surface area contributed by atoms with Gasteiger partial charge in [-0.25, -0.2) is 8.42 Å². The highest BCUT2D eigenvalue weighted by Gasteiger charge is 2.24. The molecule has 2 aromatic rings. The molecule has 0 aliphatic carbocycles. The molecule has 0 bridgehead atoms. The number of nitrogens with one attached hydrogen (secondary N) is 1. The van der Waals surface area contributed by atoms with Crippen molar-refractivity contribution in [1.29, 1.82) is 5.26 Å². The predicted octanol–water partition coefficient (Wildman–Crippen LogP) is 1.88. The Morgan fingerprint density at radius 1 is 1.00 bits per heavy atom. The lowest BCUT2D eigenvalue weighted by Crippen LogP contribution is -2.46. The fraction of sp³-hybridized carbons (Fsp3) is 0.273. The smallest absolute Gasteiger partial charge is 0.264 e.